The molecule has 3 rings (SSSR count). The number of fused-ring (bicyclic) bond motifs is 2. The third-order valence-electron chi connectivity index (χ3n) is 5.06. The Labute approximate surface area is 127 Å². The van der Waals surface area contributed by atoms with Crippen molar-refractivity contribution in [2.24, 2.45) is 5.92 Å². The SMILES string of the molecule is CN1C2CCCC1CC(C(=O)c1cncc(C(F)(F)F)c1)C2. The Morgan fingerprint density at radius 3 is 2.45 bits per heavy atom. The lowest BCUT2D eigenvalue weighted by molar-refractivity contribution is -0.137. The molecule has 120 valence electrons. The maximum atomic E-state index is 12.8. The number of piperidine rings is 2. The third-order valence-corrected chi connectivity index (χ3v) is 5.06. The lowest BCUT2D eigenvalue weighted by atomic mass is 9.76. The third kappa shape index (κ3) is 2.89. The fourth-order valence-corrected chi connectivity index (χ4v) is 3.80. The van der Waals surface area contributed by atoms with Crippen molar-refractivity contribution in [2.45, 2.75) is 50.4 Å². The van der Waals surface area contributed by atoms with Crippen molar-refractivity contribution in [3.05, 3.63) is 29.6 Å². The molecule has 2 aliphatic heterocycles. The summed E-state index contributed by atoms with van der Waals surface area (Å²) in [6.45, 7) is 0. The van der Waals surface area contributed by atoms with Gasteiger partial charge in [-0.3, -0.25) is 9.78 Å². The molecule has 2 fully saturated rings. The highest BCUT2D eigenvalue weighted by Gasteiger charge is 2.39. The number of hydrogen-bond acceptors (Lipinski definition) is 3. The normalized spacial score (nSPS) is 29.4. The topological polar surface area (TPSA) is 33.2 Å². The fourth-order valence-electron chi connectivity index (χ4n) is 3.80. The Kier molecular flexibility index (Phi) is 3.97. The average Bonchev–Trinajstić information content (AvgIpc) is 2.45. The van der Waals surface area contributed by atoms with E-state index in [1.807, 2.05) is 0 Å². The van der Waals surface area contributed by atoms with Crippen molar-refractivity contribution in [1.29, 1.82) is 0 Å². The quantitative estimate of drug-likeness (QED) is 0.783. The van der Waals surface area contributed by atoms with Crippen LogP contribution in [0.15, 0.2) is 18.5 Å². The number of aromatic nitrogens is 1. The highest BCUT2D eigenvalue weighted by atomic mass is 19.4. The second kappa shape index (κ2) is 5.65. The Morgan fingerprint density at radius 2 is 1.86 bits per heavy atom. The zero-order valence-corrected chi connectivity index (χ0v) is 12.4. The summed E-state index contributed by atoms with van der Waals surface area (Å²) in [5.41, 5.74) is -0.770. The molecule has 2 aliphatic rings. The number of Topliss-reactive ketones (excluding diaryl/α,β-unsaturated/α-hetero) is 1. The van der Waals surface area contributed by atoms with E-state index in [1.54, 1.807) is 0 Å². The van der Waals surface area contributed by atoms with Crippen LogP contribution < -0.4 is 0 Å². The van der Waals surface area contributed by atoms with Gasteiger partial charge in [-0.15, -0.1) is 0 Å². The smallest absolute Gasteiger partial charge is 0.300 e. The van der Waals surface area contributed by atoms with Gasteiger partial charge in [-0.05, 0) is 38.8 Å². The number of alkyl halides is 3. The van der Waals surface area contributed by atoms with E-state index >= 15 is 0 Å². The molecule has 2 saturated heterocycles. The zero-order chi connectivity index (χ0) is 15.9. The number of nitrogens with zero attached hydrogens (tertiary/aromatic N) is 2. The van der Waals surface area contributed by atoms with Crippen molar-refractivity contribution in [3.8, 4) is 0 Å². The van der Waals surface area contributed by atoms with Crippen LogP contribution in [0.25, 0.3) is 0 Å². The molecule has 2 unspecified atom stereocenters. The average molecular weight is 312 g/mol. The van der Waals surface area contributed by atoms with Gasteiger partial charge in [-0.25, -0.2) is 0 Å². The highest BCUT2D eigenvalue weighted by molar-refractivity contribution is 5.97. The molecule has 2 bridgehead atoms. The van der Waals surface area contributed by atoms with Crippen LogP contribution in [0, 0.1) is 5.92 Å². The first-order chi connectivity index (χ1) is 10.4. The van der Waals surface area contributed by atoms with Crippen LogP contribution >= 0.6 is 0 Å². The molecule has 0 spiro atoms. The van der Waals surface area contributed by atoms with Gasteiger partial charge in [-0.1, -0.05) is 6.42 Å². The Hall–Kier alpha value is -1.43. The number of ketones is 1. The number of hydrogen-bond donors (Lipinski definition) is 0. The second-order valence-corrected chi connectivity index (χ2v) is 6.40. The Morgan fingerprint density at radius 1 is 1.23 bits per heavy atom. The van der Waals surface area contributed by atoms with Gasteiger partial charge in [0.2, 0.25) is 0 Å². The summed E-state index contributed by atoms with van der Waals surface area (Å²) in [6.07, 6.45) is 2.34. The van der Waals surface area contributed by atoms with Crippen molar-refractivity contribution in [2.75, 3.05) is 7.05 Å². The van der Waals surface area contributed by atoms with E-state index in [0.29, 0.717) is 12.1 Å². The summed E-state index contributed by atoms with van der Waals surface area (Å²) >= 11 is 0. The minimum Gasteiger partial charge on any atom is -0.300 e. The summed E-state index contributed by atoms with van der Waals surface area (Å²) in [4.78, 5) is 18.5. The summed E-state index contributed by atoms with van der Waals surface area (Å²) < 4.78 is 38.3. The monoisotopic (exact) mass is 312 g/mol. The van der Waals surface area contributed by atoms with Gasteiger partial charge >= 0.3 is 6.18 Å². The maximum absolute atomic E-state index is 12.8. The van der Waals surface area contributed by atoms with Gasteiger partial charge in [0, 0.05) is 36.0 Å². The van der Waals surface area contributed by atoms with Gasteiger partial charge in [-0.2, -0.15) is 13.2 Å². The molecule has 22 heavy (non-hydrogen) atoms. The molecule has 3 nitrogen and oxygen atoms in total. The van der Waals surface area contributed by atoms with E-state index in [2.05, 4.69) is 16.9 Å². The summed E-state index contributed by atoms with van der Waals surface area (Å²) in [7, 11) is 2.08. The first kappa shape index (κ1) is 15.5. The Bertz CT molecular complexity index is 559. The van der Waals surface area contributed by atoms with Gasteiger partial charge in [0.1, 0.15) is 0 Å². The molecule has 0 radical (unpaired) electrons. The van der Waals surface area contributed by atoms with E-state index in [0.717, 1.165) is 37.9 Å². The lowest BCUT2D eigenvalue weighted by Crippen LogP contribution is -2.51. The van der Waals surface area contributed by atoms with Crippen LogP contribution in [0.4, 0.5) is 13.2 Å². The molecule has 2 atom stereocenters. The molecule has 0 amide bonds. The van der Waals surface area contributed by atoms with Crippen LogP contribution in [-0.2, 0) is 6.18 Å². The predicted molar refractivity (Wildman–Crippen MR) is 75.5 cm³/mol. The van der Waals surface area contributed by atoms with Gasteiger partial charge in [0.05, 0.1) is 5.56 Å². The van der Waals surface area contributed by atoms with Crippen molar-refractivity contribution in [1.82, 2.24) is 9.88 Å². The molecule has 3 heterocycles. The minimum atomic E-state index is -4.47. The van der Waals surface area contributed by atoms with Gasteiger partial charge in [0.15, 0.2) is 5.78 Å². The first-order valence-corrected chi connectivity index (χ1v) is 7.64. The second-order valence-electron chi connectivity index (χ2n) is 6.40. The van der Waals surface area contributed by atoms with Crippen LogP contribution in [0.5, 0.6) is 0 Å². The standard InChI is InChI=1S/C16H19F3N2O/c1-21-13-3-2-4-14(21)7-10(6-13)15(22)11-5-12(9-20-8-11)16(17,18)19/h5,8-10,13-14H,2-4,6-7H2,1H3. The van der Waals surface area contributed by atoms with E-state index in [4.69, 9.17) is 0 Å². The first-order valence-electron chi connectivity index (χ1n) is 7.64. The van der Waals surface area contributed by atoms with E-state index < -0.39 is 11.7 Å². The molecular formula is C16H19F3N2O. The number of rotatable bonds is 2. The van der Waals surface area contributed by atoms with Crippen LogP contribution in [0.1, 0.15) is 48.0 Å². The lowest BCUT2D eigenvalue weighted by Gasteiger charge is -2.46. The van der Waals surface area contributed by atoms with Crippen molar-refractivity contribution in [3.63, 3.8) is 0 Å². The van der Waals surface area contributed by atoms with Gasteiger partial charge < -0.3 is 4.90 Å². The molecule has 0 N–H and O–H groups in total. The molecular weight excluding hydrogens is 293 g/mol. The number of carbonyl (C=O) groups excluding carboxylic acids is 1. The van der Waals surface area contributed by atoms with Gasteiger partial charge in [0.25, 0.3) is 0 Å². The Balaban J connectivity index is 1.80. The highest BCUT2D eigenvalue weighted by Crippen LogP contribution is 2.37. The summed E-state index contributed by atoms with van der Waals surface area (Å²) in [5.74, 6) is -0.375. The van der Waals surface area contributed by atoms with Crippen LogP contribution in [-0.4, -0.2) is 34.8 Å². The molecule has 0 aliphatic carbocycles. The number of halogens is 3. The molecule has 6 heteroatoms. The number of carbonyl (C=O) groups is 1. The van der Waals surface area contributed by atoms with E-state index in [9.17, 15) is 18.0 Å². The summed E-state index contributed by atoms with van der Waals surface area (Å²) in [6, 6.07) is 1.68. The molecule has 0 aromatic carbocycles. The predicted octanol–water partition coefficient (Wildman–Crippen LogP) is 3.55. The van der Waals surface area contributed by atoms with Crippen LogP contribution in [0.3, 0.4) is 0 Å². The van der Waals surface area contributed by atoms with E-state index in [1.165, 1.54) is 12.6 Å². The minimum absolute atomic E-state index is 0.0856. The van der Waals surface area contributed by atoms with E-state index in [-0.39, 0.29) is 17.3 Å². The van der Waals surface area contributed by atoms with Crippen LogP contribution in [0.2, 0.25) is 0 Å². The fraction of sp³-hybridized carbons (Fsp3) is 0.625. The van der Waals surface area contributed by atoms with Crippen molar-refractivity contribution < 1.29 is 18.0 Å². The zero-order valence-electron chi connectivity index (χ0n) is 12.4. The summed E-state index contributed by atoms with van der Waals surface area (Å²) in [5, 5.41) is 0. The molecule has 1 aromatic rings. The molecule has 0 saturated carbocycles. The molecule has 1 aromatic heterocycles. The number of pyridine rings is 1. The maximum Gasteiger partial charge on any atom is 0.417 e. The largest absolute Gasteiger partial charge is 0.417 e. The van der Waals surface area contributed by atoms with Crippen molar-refractivity contribution >= 4 is 5.78 Å².